The molecule has 0 aliphatic heterocycles. The highest BCUT2D eigenvalue weighted by Gasteiger charge is 2.18. The van der Waals surface area contributed by atoms with Crippen LogP contribution in [0.25, 0.3) is 0 Å². The smallest absolute Gasteiger partial charge is 0.302 e. The molecule has 0 bridgehead atoms. The van der Waals surface area contributed by atoms with E-state index in [0.29, 0.717) is 39.3 Å². The van der Waals surface area contributed by atoms with Gasteiger partial charge < -0.3 is 23.7 Å². The maximum atomic E-state index is 10.8. The molecule has 0 aromatic rings. The van der Waals surface area contributed by atoms with Crippen LogP contribution in [0.2, 0.25) is 0 Å². The molecular formula is C16H30O7. The van der Waals surface area contributed by atoms with Gasteiger partial charge in [0.1, 0.15) is 0 Å². The molecule has 0 heterocycles. The van der Waals surface area contributed by atoms with Gasteiger partial charge in [0.2, 0.25) is 0 Å². The van der Waals surface area contributed by atoms with Crippen molar-refractivity contribution in [1.82, 2.24) is 0 Å². The van der Waals surface area contributed by atoms with Gasteiger partial charge in [0.05, 0.1) is 38.6 Å². The summed E-state index contributed by atoms with van der Waals surface area (Å²) in [6.45, 7) is 9.08. The molecule has 0 fully saturated rings. The Kier molecular flexibility index (Phi) is 13.7. The molecule has 7 heteroatoms. The lowest BCUT2D eigenvalue weighted by molar-refractivity contribution is -0.145. The van der Waals surface area contributed by atoms with Crippen LogP contribution in [-0.2, 0) is 33.3 Å². The number of esters is 2. The summed E-state index contributed by atoms with van der Waals surface area (Å²) < 4.78 is 26.7. The molecule has 23 heavy (non-hydrogen) atoms. The van der Waals surface area contributed by atoms with Gasteiger partial charge in [-0.2, -0.15) is 0 Å². The lowest BCUT2D eigenvalue weighted by atomic mass is 10.2. The summed E-state index contributed by atoms with van der Waals surface area (Å²) in [7, 11) is 0. The van der Waals surface area contributed by atoms with E-state index in [0.717, 1.165) is 0 Å². The van der Waals surface area contributed by atoms with Crippen LogP contribution < -0.4 is 0 Å². The lowest BCUT2D eigenvalue weighted by Crippen LogP contribution is -2.32. The van der Waals surface area contributed by atoms with E-state index in [1.807, 2.05) is 13.8 Å². The Hall–Kier alpha value is -1.18. The van der Waals surface area contributed by atoms with Gasteiger partial charge in [0.15, 0.2) is 0 Å². The van der Waals surface area contributed by atoms with Crippen molar-refractivity contribution < 1.29 is 33.3 Å². The number of carbonyl (C=O) groups excluding carboxylic acids is 2. The molecule has 0 aliphatic carbocycles. The van der Waals surface area contributed by atoms with Gasteiger partial charge in [-0.3, -0.25) is 9.59 Å². The van der Waals surface area contributed by atoms with Crippen LogP contribution in [0.3, 0.4) is 0 Å². The fraction of sp³-hybridized carbons (Fsp3) is 0.875. The summed E-state index contributed by atoms with van der Waals surface area (Å²) in [5, 5.41) is 0. The standard InChI is InChI=1S/C16H30O7/c1-5-19-11-15(7-9-21-13(3)17)23-16(12-20-6-2)8-10-22-14(4)18/h15-16H,5-12H2,1-4H3. The molecule has 136 valence electrons. The monoisotopic (exact) mass is 334 g/mol. The summed E-state index contributed by atoms with van der Waals surface area (Å²) in [5.74, 6) is -0.637. The van der Waals surface area contributed by atoms with Crippen LogP contribution in [0.1, 0.15) is 40.5 Å². The molecule has 0 aliphatic rings. The molecule has 2 atom stereocenters. The molecule has 0 rings (SSSR count). The molecule has 0 aromatic carbocycles. The van der Waals surface area contributed by atoms with Crippen LogP contribution in [0, 0.1) is 0 Å². The van der Waals surface area contributed by atoms with Crippen LogP contribution in [0.15, 0.2) is 0 Å². The highest BCUT2D eigenvalue weighted by atomic mass is 16.6. The van der Waals surface area contributed by atoms with Gasteiger partial charge in [0.25, 0.3) is 0 Å². The number of carbonyl (C=O) groups is 2. The van der Waals surface area contributed by atoms with Crippen molar-refractivity contribution in [2.24, 2.45) is 0 Å². The highest BCUT2D eigenvalue weighted by molar-refractivity contribution is 5.66. The third-order valence-electron chi connectivity index (χ3n) is 2.89. The molecule has 0 aromatic heterocycles. The Morgan fingerprint density at radius 2 is 1.17 bits per heavy atom. The fourth-order valence-corrected chi connectivity index (χ4v) is 1.82. The van der Waals surface area contributed by atoms with Gasteiger partial charge in [-0.1, -0.05) is 0 Å². The van der Waals surface area contributed by atoms with E-state index in [1.165, 1.54) is 13.8 Å². The van der Waals surface area contributed by atoms with Crippen molar-refractivity contribution in [2.75, 3.05) is 39.6 Å². The van der Waals surface area contributed by atoms with Crippen molar-refractivity contribution in [2.45, 2.75) is 52.7 Å². The van der Waals surface area contributed by atoms with Crippen LogP contribution >= 0.6 is 0 Å². The summed E-state index contributed by atoms with van der Waals surface area (Å²) in [6, 6.07) is 0. The Balaban J connectivity index is 4.40. The van der Waals surface area contributed by atoms with E-state index >= 15 is 0 Å². The predicted molar refractivity (Wildman–Crippen MR) is 84.1 cm³/mol. The highest BCUT2D eigenvalue weighted by Crippen LogP contribution is 2.09. The minimum absolute atomic E-state index is 0.211. The van der Waals surface area contributed by atoms with E-state index in [-0.39, 0.29) is 37.4 Å². The van der Waals surface area contributed by atoms with Gasteiger partial charge in [-0.25, -0.2) is 0 Å². The lowest BCUT2D eigenvalue weighted by Gasteiger charge is -2.24. The van der Waals surface area contributed by atoms with Crippen LogP contribution in [0.5, 0.6) is 0 Å². The second-order valence-corrected chi connectivity index (χ2v) is 4.96. The molecule has 0 radical (unpaired) electrons. The van der Waals surface area contributed by atoms with Gasteiger partial charge >= 0.3 is 11.9 Å². The zero-order valence-corrected chi connectivity index (χ0v) is 14.7. The minimum Gasteiger partial charge on any atom is -0.466 e. The summed E-state index contributed by atoms with van der Waals surface area (Å²) in [4.78, 5) is 21.7. The Morgan fingerprint density at radius 1 is 0.783 bits per heavy atom. The largest absolute Gasteiger partial charge is 0.466 e. The van der Waals surface area contributed by atoms with E-state index < -0.39 is 0 Å². The topological polar surface area (TPSA) is 80.3 Å². The van der Waals surface area contributed by atoms with Crippen LogP contribution in [0.4, 0.5) is 0 Å². The first kappa shape index (κ1) is 21.8. The Bertz CT molecular complexity index is 290. The number of rotatable bonds is 14. The molecule has 7 nitrogen and oxygen atoms in total. The third kappa shape index (κ3) is 14.2. The van der Waals surface area contributed by atoms with E-state index in [1.54, 1.807) is 0 Å². The number of hydrogen-bond donors (Lipinski definition) is 0. The average Bonchev–Trinajstić information content (AvgIpc) is 2.48. The van der Waals surface area contributed by atoms with Gasteiger partial charge in [-0.15, -0.1) is 0 Å². The van der Waals surface area contributed by atoms with Crippen molar-refractivity contribution >= 4 is 11.9 Å². The Labute approximate surface area is 138 Å². The first-order valence-corrected chi connectivity index (χ1v) is 8.07. The second-order valence-electron chi connectivity index (χ2n) is 4.96. The maximum Gasteiger partial charge on any atom is 0.302 e. The first-order chi connectivity index (χ1) is 11.0. The van der Waals surface area contributed by atoms with E-state index in [4.69, 9.17) is 23.7 Å². The molecule has 0 saturated carbocycles. The maximum absolute atomic E-state index is 10.8. The molecule has 0 saturated heterocycles. The number of hydrogen-bond acceptors (Lipinski definition) is 7. The molecule has 2 unspecified atom stereocenters. The van der Waals surface area contributed by atoms with E-state index in [2.05, 4.69) is 0 Å². The van der Waals surface area contributed by atoms with Crippen molar-refractivity contribution in [3.05, 3.63) is 0 Å². The number of ether oxygens (including phenoxy) is 5. The second kappa shape index (κ2) is 14.4. The molecule has 0 N–H and O–H groups in total. The fourth-order valence-electron chi connectivity index (χ4n) is 1.82. The van der Waals surface area contributed by atoms with Crippen LogP contribution in [-0.4, -0.2) is 63.8 Å². The molecular weight excluding hydrogens is 304 g/mol. The summed E-state index contributed by atoms with van der Waals surface area (Å²) in [6.07, 6.45) is 0.653. The summed E-state index contributed by atoms with van der Waals surface area (Å²) >= 11 is 0. The minimum atomic E-state index is -0.319. The quantitative estimate of drug-likeness (QED) is 0.447. The predicted octanol–water partition coefficient (Wildman–Crippen LogP) is 1.72. The normalized spacial score (nSPS) is 13.4. The van der Waals surface area contributed by atoms with Crippen molar-refractivity contribution in [3.8, 4) is 0 Å². The zero-order valence-electron chi connectivity index (χ0n) is 14.7. The van der Waals surface area contributed by atoms with E-state index in [9.17, 15) is 9.59 Å². The zero-order chi connectivity index (χ0) is 17.5. The SMILES string of the molecule is CCOCC(CCOC(C)=O)OC(CCOC(C)=O)COCC. The van der Waals surface area contributed by atoms with Gasteiger partial charge in [-0.05, 0) is 13.8 Å². The Morgan fingerprint density at radius 3 is 1.48 bits per heavy atom. The average molecular weight is 334 g/mol. The third-order valence-corrected chi connectivity index (χ3v) is 2.89. The van der Waals surface area contributed by atoms with Crippen molar-refractivity contribution in [3.63, 3.8) is 0 Å². The van der Waals surface area contributed by atoms with Crippen molar-refractivity contribution in [1.29, 1.82) is 0 Å². The molecule has 0 amide bonds. The molecule has 0 spiro atoms. The van der Waals surface area contributed by atoms with Gasteiger partial charge in [0, 0.05) is 39.9 Å². The summed E-state index contributed by atoms with van der Waals surface area (Å²) in [5.41, 5.74) is 0. The first-order valence-electron chi connectivity index (χ1n) is 8.07.